The van der Waals surface area contributed by atoms with Gasteiger partial charge in [-0.25, -0.2) is 4.98 Å². The van der Waals surface area contributed by atoms with Gasteiger partial charge in [-0.2, -0.15) is 0 Å². The van der Waals surface area contributed by atoms with E-state index in [9.17, 15) is 0 Å². The van der Waals surface area contributed by atoms with Gasteiger partial charge in [-0.1, -0.05) is 17.7 Å². The molecule has 0 aliphatic heterocycles. The van der Waals surface area contributed by atoms with Crippen molar-refractivity contribution < 1.29 is 0 Å². The molecule has 17 heavy (non-hydrogen) atoms. The number of halogens is 1. The number of hydrogen-bond acceptors (Lipinski definition) is 3. The van der Waals surface area contributed by atoms with E-state index >= 15 is 0 Å². The number of benzene rings is 1. The van der Waals surface area contributed by atoms with Gasteiger partial charge in [0.2, 0.25) is 0 Å². The lowest BCUT2D eigenvalue weighted by atomic mass is 10.2. The van der Waals surface area contributed by atoms with Gasteiger partial charge in [0.25, 0.3) is 0 Å². The Labute approximate surface area is 110 Å². The third-order valence-corrected chi connectivity index (χ3v) is 4.22. The summed E-state index contributed by atoms with van der Waals surface area (Å²) in [5.41, 5.74) is 7.82. The monoisotopic (exact) mass is 267 g/mol. The molecule has 0 aliphatic rings. The highest BCUT2D eigenvalue weighted by atomic mass is 35.5. The molecule has 2 aromatic rings. The maximum atomic E-state index is 5.94. The number of anilines is 1. The molecule has 0 saturated heterocycles. The number of nitrogens with two attached hydrogens (primary N) is 1. The van der Waals surface area contributed by atoms with Crippen LogP contribution in [0.1, 0.15) is 11.4 Å². The first-order chi connectivity index (χ1) is 8.09. The Kier molecular flexibility index (Phi) is 3.64. The fraction of sp³-hybridized carbons (Fsp3) is 0.250. The summed E-state index contributed by atoms with van der Waals surface area (Å²) in [5, 5.41) is 0.657. The maximum absolute atomic E-state index is 5.94. The molecular weight excluding hydrogens is 254 g/mol. The number of nitrogens with zero attached hydrogens (tertiary/aromatic N) is 2. The van der Waals surface area contributed by atoms with Crippen molar-refractivity contribution in [2.75, 3.05) is 5.73 Å². The summed E-state index contributed by atoms with van der Waals surface area (Å²) < 4.78 is 1.89. The van der Waals surface area contributed by atoms with Gasteiger partial charge in [0.15, 0.2) is 0 Å². The number of imidazole rings is 1. The zero-order chi connectivity index (χ0) is 12.4. The van der Waals surface area contributed by atoms with Crippen LogP contribution in [0.15, 0.2) is 29.3 Å². The second-order valence-corrected chi connectivity index (χ2v) is 5.22. The van der Waals surface area contributed by atoms with Gasteiger partial charge < -0.3 is 10.3 Å². The Bertz CT molecular complexity index is 537. The van der Waals surface area contributed by atoms with E-state index in [2.05, 4.69) is 11.1 Å². The number of rotatable bonds is 3. The predicted octanol–water partition coefficient (Wildman–Crippen LogP) is 3.26. The van der Waals surface area contributed by atoms with Crippen LogP contribution in [-0.4, -0.2) is 9.55 Å². The standard InChI is InChI=1S/C12H14ClN3S/c1-8-9(14)4-3-5-10(8)17-7-12-15-6-11(13)16(12)2/h3-6H,7,14H2,1-2H3. The quantitative estimate of drug-likeness (QED) is 0.686. The molecule has 0 amide bonds. The van der Waals surface area contributed by atoms with Gasteiger partial charge in [-0.05, 0) is 24.6 Å². The van der Waals surface area contributed by atoms with E-state index in [0.29, 0.717) is 5.15 Å². The first-order valence-corrected chi connectivity index (χ1v) is 6.60. The Balaban J connectivity index is 2.13. The largest absolute Gasteiger partial charge is 0.398 e. The third kappa shape index (κ3) is 2.58. The van der Waals surface area contributed by atoms with Gasteiger partial charge in [-0.15, -0.1) is 11.8 Å². The van der Waals surface area contributed by atoms with Gasteiger partial charge in [0.05, 0.1) is 11.9 Å². The molecule has 1 aromatic heterocycles. The minimum atomic E-state index is 0.657. The molecule has 90 valence electrons. The summed E-state index contributed by atoms with van der Waals surface area (Å²) in [4.78, 5) is 5.45. The summed E-state index contributed by atoms with van der Waals surface area (Å²) in [5.74, 6) is 1.75. The lowest BCUT2D eigenvalue weighted by Crippen LogP contribution is -1.96. The highest BCUT2D eigenvalue weighted by Crippen LogP contribution is 2.28. The Morgan fingerprint density at radius 1 is 1.47 bits per heavy atom. The van der Waals surface area contributed by atoms with Gasteiger partial charge >= 0.3 is 0 Å². The normalized spacial score (nSPS) is 10.8. The molecule has 0 atom stereocenters. The van der Waals surface area contributed by atoms with Crippen LogP contribution >= 0.6 is 23.4 Å². The van der Waals surface area contributed by atoms with Crippen molar-refractivity contribution >= 4 is 29.1 Å². The lowest BCUT2D eigenvalue weighted by molar-refractivity contribution is 0.850. The van der Waals surface area contributed by atoms with Gasteiger partial charge in [0, 0.05) is 17.6 Å². The van der Waals surface area contributed by atoms with Crippen LogP contribution in [0.2, 0.25) is 5.15 Å². The van der Waals surface area contributed by atoms with Crippen LogP contribution in [0.5, 0.6) is 0 Å². The van der Waals surface area contributed by atoms with E-state index < -0.39 is 0 Å². The molecule has 0 bridgehead atoms. The smallest absolute Gasteiger partial charge is 0.128 e. The van der Waals surface area contributed by atoms with Crippen LogP contribution in [-0.2, 0) is 12.8 Å². The molecule has 0 fully saturated rings. The molecule has 0 radical (unpaired) electrons. The number of hydrogen-bond donors (Lipinski definition) is 1. The predicted molar refractivity (Wildman–Crippen MR) is 73.4 cm³/mol. The van der Waals surface area contributed by atoms with Crippen LogP contribution in [0, 0.1) is 6.92 Å². The first kappa shape index (κ1) is 12.3. The zero-order valence-corrected chi connectivity index (χ0v) is 11.3. The van der Waals surface area contributed by atoms with Crippen molar-refractivity contribution in [1.29, 1.82) is 0 Å². The Morgan fingerprint density at radius 3 is 2.88 bits per heavy atom. The summed E-state index contributed by atoms with van der Waals surface area (Å²) in [6.07, 6.45) is 1.67. The molecule has 0 saturated carbocycles. The molecule has 0 unspecified atom stereocenters. The zero-order valence-electron chi connectivity index (χ0n) is 9.77. The summed E-state index contributed by atoms with van der Waals surface area (Å²) in [6.45, 7) is 2.03. The molecular formula is C12H14ClN3S. The lowest BCUT2D eigenvalue weighted by Gasteiger charge is -2.07. The number of nitrogen functional groups attached to an aromatic ring is 1. The van der Waals surface area contributed by atoms with E-state index in [1.807, 2.05) is 30.7 Å². The van der Waals surface area contributed by atoms with Gasteiger partial charge in [0.1, 0.15) is 11.0 Å². The van der Waals surface area contributed by atoms with E-state index in [4.69, 9.17) is 17.3 Å². The highest BCUT2D eigenvalue weighted by Gasteiger charge is 2.07. The second kappa shape index (κ2) is 5.02. The molecule has 5 heteroatoms. The van der Waals surface area contributed by atoms with E-state index in [1.165, 1.54) is 4.90 Å². The Morgan fingerprint density at radius 2 is 2.24 bits per heavy atom. The van der Waals surface area contributed by atoms with Crippen molar-refractivity contribution in [2.24, 2.45) is 7.05 Å². The highest BCUT2D eigenvalue weighted by molar-refractivity contribution is 7.98. The van der Waals surface area contributed by atoms with E-state index in [0.717, 1.165) is 22.8 Å². The average molecular weight is 268 g/mol. The van der Waals surface area contributed by atoms with E-state index in [1.54, 1.807) is 18.0 Å². The van der Waals surface area contributed by atoms with Crippen molar-refractivity contribution in [2.45, 2.75) is 17.6 Å². The van der Waals surface area contributed by atoms with Crippen LogP contribution < -0.4 is 5.73 Å². The fourth-order valence-electron chi connectivity index (χ4n) is 1.49. The third-order valence-electron chi connectivity index (χ3n) is 2.71. The fourth-order valence-corrected chi connectivity index (χ4v) is 2.70. The van der Waals surface area contributed by atoms with Crippen LogP contribution in [0.4, 0.5) is 5.69 Å². The van der Waals surface area contributed by atoms with Crippen LogP contribution in [0.25, 0.3) is 0 Å². The molecule has 2 rings (SSSR count). The summed E-state index contributed by atoms with van der Waals surface area (Å²) in [6, 6.07) is 5.95. The number of aromatic nitrogens is 2. The SMILES string of the molecule is Cc1c(N)cccc1SCc1ncc(Cl)n1C. The topological polar surface area (TPSA) is 43.8 Å². The summed E-state index contributed by atoms with van der Waals surface area (Å²) >= 11 is 7.66. The first-order valence-electron chi connectivity index (χ1n) is 5.23. The van der Waals surface area contributed by atoms with Crippen molar-refractivity contribution in [3.05, 3.63) is 40.9 Å². The molecule has 0 aliphatic carbocycles. The van der Waals surface area contributed by atoms with Crippen molar-refractivity contribution in [3.8, 4) is 0 Å². The van der Waals surface area contributed by atoms with Crippen molar-refractivity contribution in [3.63, 3.8) is 0 Å². The molecule has 2 N–H and O–H groups in total. The minimum Gasteiger partial charge on any atom is -0.398 e. The van der Waals surface area contributed by atoms with Crippen LogP contribution in [0.3, 0.4) is 0 Å². The number of thioether (sulfide) groups is 1. The minimum absolute atomic E-state index is 0.657. The van der Waals surface area contributed by atoms with E-state index in [-0.39, 0.29) is 0 Å². The second-order valence-electron chi connectivity index (χ2n) is 3.82. The maximum Gasteiger partial charge on any atom is 0.128 e. The molecule has 1 aromatic carbocycles. The van der Waals surface area contributed by atoms with Gasteiger partial charge in [-0.3, -0.25) is 0 Å². The summed E-state index contributed by atoms with van der Waals surface area (Å²) in [7, 11) is 1.91. The van der Waals surface area contributed by atoms with Crippen molar-refractivity contribution in [1.82, 2.24) is 9.55 Å². The Hall–Kier alpha value is -1.13. The average Bonchev–Trinajstić information content (AvgIpc) is 2.62. The molecule has 1 heterocycles. The molecule has 0 spiro atoms. The molecule has 3 nitrogen and oxygen atoms in total.